The molecule has 0 aliphatic carbocycles. The van der Waals surface area contributed by atoms with Crippen LogP contribution in [0.5, 0.6) is 0 Å². The van der Waals surface area contributed by atoms with Crippen LogP contribution in [0.1, 0.15) is 39.4 Å². The molecule has 0 aromatic carbocycles. The second-order valence-electron chi connectivity index (χ2n) is 6.34. The number of nitrogens with one attached hydrogen (secondary N) is 1. The Morgan fingerprint density at radius 2 is 2.00 bits per heavy atom. The number of hydrogen-bond donors (Lipinski definition) is 2. The molecule has 0 atom stereocenters. The minimum absolute atomic E-state index is 0.170. The maximum Gasteiger partial charge on any atom is 0.137 e. The van der Waals surface area contributed by atoms with Crippen LogP contribution in [0.2, 0.25) is 5.15 Å². The molecule has 1 saturated heterocycles. The van der Waals surface area contributed by atoms with Gasteiger partial charge in [0.1, 0.15) is 16.8 Å². The number of aliphatic hydroxyl groups is 1. The van der Waals surface area contributed by atoms with Gasteiger partial charge in [0.15, 0.2) is 0 Å². The molecular weight excluding hydrogens is 278 g/mol. The fourth-order valence-corrected chi connectivity index (χ4v) is 2.21. The van der Waals surface area contributed by atoms with E-state index in [0.29, 0.717) is 49.4 Å². The van der Waals surface area contributed by atoms with E-state index in [0.717, 1.165) is 0 Å². The van der Waals surface area contributed by atoms with Crippen LogP contribution in [0.4, 0.5) is 5.82 Å². The van der Waals surface area contributed by atoms with E-state index in [9.17, 15) is 5.11 Å². The summed E-state index contributed by atoms with van der Waals surface area (Å²) in [6.45, 7) is 7.73. The van der Waals surface area contributed by atoms with Gasteiger partial charge < -0.3 is 15.2 Å². The number of rotatable bonds is 3. The molecule has 0 saturated carbocycles. The predicted molar refractivity (Wildman–Crippen MR) is 79.2 cm³/mol. The third-order valence-electron chi connectivity index (χ3n) is 3.39. The molecule has 2 heterocycles. The van der Waals surface area contributed by atoms with Crippen molar-refractivity contribution in [2.45, 2.75) is 44.6 Å². The summed E-state index contributed by atoms with van der Waals surface area (Å²) >= 11 is 6.04. The summed E-state index contributed by atoms with van der Waals surface area (Å²) in [4.78, 5) is 8.72. The van der Waals surface area contributed by atoms with E-state index >= 15 is 0 Å². The maximum absolute atomic E-state index is 10.4. The molecule has 1 aromatic heterocycles. The van der Waals surface area contributed by atoms with Gasteiger partial charge in [-0.3, -0.25) is 0 Å². The summed E-state index contributed by atoms with van der Waals surface area (Å²) in [7, 11) is 0. The lowest BCUT2D eigenvalue weighted by molar-refractivity contribution is -0.0543. The van der Waals surface area contributed by atoms with Crippen LogP contribution in [0, 0.1) is 0 Å². The van der Waals surface area contributed by atoms with Crippen LogP contribution in [0.25, 0.3) is 0 Å². The number of halogens is 1. The van der Waals surface area contributed by atoms with Gasteiger partial charge in [0.2, 0.25) is 0 Å². The number of ether oxygens (including phenoxy) is 1. The van der Waals surface area contributed by atoms with Crippen molar-refractivity contribution in [1.29, 1.82) is 0 Å². The molecule has 0 radical (unpaired) electrons. The average Bonchev–Trinajstić information content (AvgIpc) is 2.36. The zero-order valence-electron chi connectivity index (χ0n) is 12.2. The minimum atomic E-state index is -0.739. The first-order valence-electron chi connectivity index (χ1n) is 6.88. The van der Waals surface area contributed by atoms with E-state index in [4.69, 9.17) is 16.3 Å². The molecule has 112 valence electrons. The Balaban J connectivity index is 2.07. The summed E-state index contributed by atoms with van der Waals surface area (Å²) in [6.07, 6.45) is 1.26. The third kappa shape index (κ3) is 4.04. The lowest BCUT2D eigenvalue weighted by Gasteiger charge is -2.32. The maximum atomic E-state index is 10.4. The van der Waals surface area contributed by atoms with Gasteiger partial charge in [-0.05, 0) is 0 Å². The lowest BCUT2D eigenvalue weighted by atomic mass is 9.94. The normalized spacial score (nSPS) is 18.9. The Kier molecular flexibility index (Phi) is 4.52. The molecule has 0 amide bonds. The highest BCUT2D eigenvalue weighted by atomic mass is 35.5. The lowest BCUT2D eigenvalue weighted by Crippen LogP contribution is -2.42. The van der Waals surface area contributed by atoms with Crippen LogP contribution in [-0.4, -0.2) is 40.4 Å². The summed E-state index contributed by atoms with van der Waals surface area (Å²) in [5, 5.41) is 14.0. The minimum Gasteiger partial charge on any atom is -0.388 e. The van der Waals surface area contributed by atoms with E-state index in [2.05, 4.69) is 15.3 Å². The van der Waals surface area contributed by atoms with Gasteiger partial charge in [-0.1, -0.05) is 32.4 Å². The van der Waals surface area contributed by atoms with Crippen molar-refractivity contribution >= 4 is 17.4 Å². The van der Waals surface area contributed by atoms with Crippen molar-refractivity contribution in [3.8, 4) is 0 Å². The molecule has 5 nitrogen and oxygen atoms in total. The molecule has 20 heavy (non-hydrogen) atoms. The molecule has 0 unspecified atom stereocenters. The van der Waals surface area contributed by atoms with Gasteiger partial charge in [-0.25, -0.2) is 9.97 Å². The highest BCUT2D eigenvalue weighted by Crippen LogP contribution is 2.24. The van der Waals surface area contributed by atoms with Crippen LogP contribution >= 0.6 is 11.6 Å². The van der Waals surface area contributed by atoms with Crippen molar-refractivity contribution in [3.05, 3.63) is 17.0 Å². The number of hydrogen-bond acceptors (Lipinski definition) is 5. The molecule has 0 bridgehead atoms. The molecule has 1 aromatic rings. The Labute approximate surface area is 124 Å². The summed E-state index contributed by atoms with van der Waals surface area (Å²) in [5.74, 6) is 1.33. The van der Waals surface area contributed by atoms with Gasteiger partial charge in [0, 0.05) is 44.1 Å². The molecule has 1 aliphatic heterocycles. The first kappa shape index (κ1) is 15.5. The quantitative estimate of drug-likeness (QED) is 0.839. The van der Waals surface area contributed by atoms with Crippen molar-refractivity contribution < 1.29 is 9.84 Å². The highest BCUT2D eigenvalue weighted by molar-refractivity contribution is 6.29. The third-order valence-corrected chi connectivity index (χ3v) is 3.58. The summed E-state index contributed by atoms with van der Waals surface area (Å²) in [5.41, 5.74) is -0.908. The molecule has 6 heteroatoms. The molecule has 2 N–H and O–H groups in total. The highest BCUT2D eigenvalue weighted by Gasteiger charge is 2.29. The van der Waals surface area contributed by atoms with E-state index < -0.39 is 5.60 Å². The Morgan fingerprint density at radius 1 is 1.35 bits per heavy atom. The van der Waals surface area contributed by atoms with Crippen LogP contribution in [-0.2, 0) is 10.2 Å². The fourth-order valence-electron chi connectivity index (χ4n) is 2.03. The molecule has 0 spiro atoms. The van der Waals surface area contributed by atoms with Gasteiger partial charge >= 0.3 is 0 Å². The van der Waals surface area contributed by atoms with Gasteiger partial charge in [0.25, 0.3) is 0 Å². The zero-order valence-corrected chi connectivity index (χ0v) is 13.0. The number of nitrogens with zero attached hydrogens (tertiary/aromatic N) is 2. The fraction of sp³-hybridized carbons (Fsp3) is 0.714. The van der Waals surface area contributed by atoms with E-state index in [1.54, 1.807) is 6.07 Å². The van der Waals surface area contributed by atoms with Crippen molar-refractivity contribution in [3.63, 3.8) is 0 Å². The van der Waals surface area contributed by atoms with Gasteiger partial charge in [0.05, 0.1) is 5.60 Å². The summed E-state index contributed by atoms with van der Waals surface area (Å²) < 4.78 is 5.27. The first-order valence-corrected chi connectivity index (χ1v) is 7.25. The van der Waals surface area contributed by atoms with Crippen LogP contribution in [0.3, 0.4) is 0 Å². The van der Waals surface area contributed by atoms with Crippen molar-refractivity contribution in [2.24, 2.45) is 0 Å². The number of aromatic nitrogens is 2. The zero-order chi connectivity index (χ0) is 14.8. The molecule has 2 rings (SSSR count). The SMILES string of the molecule is CC(C)(C)c1nc(Cl)cc(NCC2(O)CCOCC2)n1. The second kappa shape index (κ2) is 5.84. The van der Waals surface area contributed by atoms with Crippen molar-refractivity contribution in [1.82, 2.24) is 9.97 Å². The standard InChI is InChI=1S/C14H22ClN3O2/c1-13(2,3)12-17-10(15)8-11(18-12)16-9-14(19)4-6-20-7-5-14/h8,19H,4-7,9H2,1-3H3,(H,16,17,18). The first-order chi connectivity index (χ1) is 9.28. The smallest absolute Gasteiger partial charge is 0.137 e. The second-order valence-corrected chi connectivity index (χ2v) is 6.73. The van der Waals surface area contributed by atoms with Crippen LogP contribution < -0.4 is 5.32 Å². The Bertz CT molecular complexity index is 468. The van der Waals surface area contributed by atoms with E-state index in [1.807, 2.05) is 20.8 Å². The monoisotopic (exact) mass is 299 g/mol. The Morgan fingerprint density at radius 3 is 2.60 bits per heavy atom. The van der Waals surface area contributed by atoms with E-state index in [-0.39, 0.29) is 5.41 Å². The summed E-state index contributed by atoms with van der Waals surface area (Å²) in [6, 6.07) is 1.68. The largest absolute Gasteiger partial charge is 0.388 e. The predicted octanol–water partition coefficient (Wildman–Crippen LogP) is 2.38. The van der Waals surface area contributed by atoms with Gasteiger partial charge in [-0.15, -0.1) is 0 Å². The average molecular weight is 300 g/mol. The van der Waals surface area contributed by atoms with Crippen molar-refractivity contribution in [2.75, 3.05) is 25.1 Å². The number of anilines is 1. The van der Waals surface area contributed by atoms with Crippen LogP contribution in [0.15, 0.2) is 6.07 Å². The molecular formula is C14H22ClN3O2. The molecule has 1 aliphatic rings. The van der Waals surface area contributed by atoms with E-state index in [1.165, 1.54) is 0 Å². The van der Waals surface area contributed by atoms with Gasteiger partial charge in [-0.2, -0.15) is 0 Å². The topological polar surface area (TPSA) is 67.3 Å². The Hall–Kier alpha value is -0.910. The molecule has 1 fully saturated rings.